The van der Waals surface area contributed by atoms with E-state index in [4.69, 9.17) is 4.74 Å². The first-order chi connectivity index (χ1) is 20.0. The van der Waals surface area contributed by atoms with Gasteiger partial charge in [-0.25, -0.2) is 13.4 Å². The summed E-state index contributed by atoms with van der Waals surface area (Å²) in [5.41, 5.74) is 3.56. The first-order valence-electron chi connectivity index (χ1n) is 13.4. The topological polar surface area (TPSA) is 141 Å². The highest BCUT2D eigenvalue weighted by molar-refractivity contribution is 7.92. The number of nitrogens with zero attached hydrogens (tertiary/aromatic N) is 4. The Morgan fingerprint density at radius 2 is 1.76 bits per heavy atom. The van der Waals surface area contributed by atoms with Crippen molar-refractivity contribution in [2.24, 2.45) is 0 Å². The van der Waals surface area contributed by atoms with E-state index in [2.05, 4.69) is 42.1 Å². The fourth-order valence-electron chi connectivity index (χ4n) is 3.95. The predicted molar refractivity (Wildman–Crippen MR) is 171 cm³/mol. The smallest absolute Gasteiger partial charge is 0.247 e. The summed E-state index contributed by atoms with van der Waals surface area (Å²) in [6, 6.07) is 10.6. The number of aromatic nitrogens is 2. The van der Waals surface area contributed by atoms with E-state index in [0.29, 0.717) is 47.3 Å². The normalized spacial score (nSPS) is 11.1. The van der Waals surface area contributed by atoms with Crippen molar-refractivity contribution in [1.82, 2.24) is 14.9 Å². The summed E-state index contributed by atoms with van der Waals surface area (Å²) >= 11 is 0. The van der Waals surface area contributed by atoms with Crippen molar-refractivity contribution in [2.75, 3.05) is 72.7 Å². The van der Waals surface area contributed by atoms with Gasteiger partial charge in [0.05, 0.1) is 41.3 Å². The van der Waals surface area contributed by atoms with E-state index in [1.165, 1.54) is 6.08 Å². The Bertz CT molecular complexity index is 1510. The predicted octanol–water partition coefficient (Wildman–Crippen LogP) is 4.55. The van der Waals surface area contributed by atoms with Crippen molar-refractivity contribution in [2.45, 2.75) is 20.3 Å². The number of rotatable bonds is 15. The highest BCUT2D eigenvalue weighted by Crippen LogP contribution is 2.38. The van der Waals surface area contributed by atoms with Crippen molar-refractivity contribution in [3.63, 3.8) is 0 Å². The molecule has 1 aromatic heterocycles. The van der Waals surface area contributed by atoms with Gasteiger partial charge in [-0.2, -0.15) is 4.98 Å². The third-order valence-corrected chi connectivity index (χ3v) is 7.67. The van der Waals surface area contributed by atoms with Gasteiger partial charge < -0.3 is 30.5 Å². The fraction of sp³-hybridized carbons (Fsp3) is 0.345. The zero-order valence-corrected chi connectivity index (χ0v) is 25.8. The second kappa shape index (κ2) is 14.5. The summed E-state index contributed by atoms with van der Waals surface area (Å²) in [5, 5.41) is 9.29. The van der Waals surface area contributed by atoms with Crippen LogP contribution < -0.4 is 30.3 Å². The molecule has 42 heavy (non-hydrogen) atoms. The van der Waals surface area contributed by atoms with Gasteiger partial charge in [-0.1, -0.05) is 25.6 Å². The zero-order chi connectivity index (χ0) is 30.9. The van der Waals surface area contributed by atoms with Crippen molar-refractivity contribution < 1.29 is 17.9 Å². The third-order valence-electron chi connectivity index (χ3n) is 6.19. The maximum absolute atomic E-state index is 12.4. The summed E-state index contributed by atoms with van der Waals surface area (Å²) in [6.07, 6.45) is 3.36. The maximum Gasteiger partial charge on any atom is 0.247 e. The molecule has 0 saturated heterocycles. The van der Waals surface area contributed by atoms with Crippen molar-refractivity contribution in [3.05, 3.63) is 60.8 Å². The van der Waals surface area contributed by atoms with Crippen LogP contribution in [0.5, 0.6) is 5.75 Å². The summed E-state index contributed by atoms with van der Waals surface area (Å²) in [4.78, 5) is 25.4. The van der Waals surface area contributed by atoms with E-state index in [1.54, 1.807) is 43.6 Å². The molecule has 226 valence electrons. The molecule has 2 aromatic carbocycles. The fourth-order valence-corrected chi connectivity index (χ4v) is 5.10. The van der Waals surface area contributed by atoms with Gasteiger partial charge in [0.1, 0.15) is 11.6 Å². The zero-order valence-electron chi connectivity index (χ0n) is 25.0. The van der Waals surface area contributed by atoms with Crippen LogP contribution in [-0.4, -0.2) is 76.3 Å². The highest BCUT2D eigenvalue weighted by atomic mass is 32.2. The van der Waals surface area contributed by atoms with E-state index < -0.39 is 10.0 Å². The van der Waals surface area contributed by atoms with Crippen molar-refractivity contribution >= 4 is 56.1 Å². The quantitative estimate of drug-likeness (QED) is 0.185. The van der Waals surface area contributed by atoms with Crippen LogP contribution in [0.4, 0.5) is 40.2 Å². The Labute approximate surface area is 248 Å². The lowest BCUT2D eigenvalue weighted by molar-refractivity contribution is -0.111. The summed E-state index contributed by atoms with van der Waals surface area (Å²) in [7, 11) is 4.00. The Hall–Kier alpha value is -4.36. The average Bonchev–Trinajstić information content (AvgIpc) is 2.94. The van der Waals surface area contributed by atoms with Crippen LogP contribution in [0, 0.1) is 6.92 Å². The van der Waals surface area contributed by atoms with Gasteiger partial charge in [-0.3, -0.25) is 9.52 Å². The van der Waals surface area contributed by atoms with Gasteiger partial charge >= 0.3 is 0 Å². The van der Waals surface area contributed by atoms with E-state index in [9.17, 15) is 13.2 Å². The lowest BCUT2D eigenvalue weighted by Crippen LogP contribution is -2.29. The number of aryl methyl sites for hydroxylation is 1. The molecule has 0 atom stereocenters. The molecule has 0 bridgehead atoms. The number of likely N-dealkylation sites (N-methyl/N-ethyl adjacent to an activating group) is 2. The van der Waals surface area contributed by atoms with Gasteiger partial charge in [0, 0.05) is 38.0 Å². The van der Waals surface area contributed by atoms with E-state index in [1.807, 2.05) is 46.0 Å². The third kappa shape index (κ3) is 8.82. The molecule has 1 amide bonds. The molecular weight excluding hydrogens is 556 g/mol. The Balaban J connectivity index is 1.95. The molecule has 0 unspecified atom stereocenters. The SMILES string of the molecule is C=CC(=O)Nc1cc(Nc2ncc(C)c(Nc3ccccc3NS(=O)(=O)CCC)n2)c(OC)cc1N(C)CCN(C)C. The number of benzene rings is 2. The lowest BCUT2D eigenvalue weighted by atomic mass is 10.2. The molecule has 13 heteroatoms. The van der Waals surface area contributed by atoms with Gasteiger partial charge in [0.2, 0.25) is 21.9 Å². The number of carbonyl (C=O) groups excluding carboxylic acids is 1. The standard InChI is InChI=1S/C29H40N8O4S/c1-8-16-42(39,40)35-22-13-11-10-12-21(22)32-28-20(3)19-30-29(34-28)33-24-17-23(31-27(38)9-2)25(18-26(24)41-7)37(6)15-14-36(4)5/h9-13,17-19,35H,2,8,14-16H2,1,3-7H3,(H,31,38)(H2,30,32,33,34). The number of hydrogen-bond acceptors (Lipinski definition) is 10. The molecule has 0 fully saturated rings. The molecular formula is C29H40N8O4S. The number of carbonyl (C=O) groups is 1. The summed E-state index contributed by atoms with van der Waals surface area (Å²) in [5.74, 6) is 0.935. The van der Waals surface area contributed by atoms with Crippen LogP contribution in [0.3, 0.4) is 0 Å². The molecule has 3 aromatic rings. The number of hydrogen-bond donors (Lipinski definition) is 4. The van der Waals surface area contributed by atoms with Crippen molar-refractivity contribution in [1.29, 1.82) is 0 Å². The largest absolute Gasteiger partial charge is 0.494 e. The summed E-state index contributed by atoms with van der Waals surface area (Å²) in [6.45, 7) is 8.74. The van der Waals surface area contributed by atoms with Crippen LogP contribution in [0.2, 0.25) is 0 Å². The van der Waals surface area contributed by atoms with E-state index >= 15 is 0 Å². The molecule has 0 aliphatic rings. The lowest BCUT2D eigenvalue weighted by Gasteiger charge is -2.26. The van der Waals surface area contributed by atoms with Crippen molar-refractivity contribution in [3.8, 4) is 5.75 Å². The molecule has 1 heterocycles. The Morgan fingerprint density at radius 3 is 2.40 bits per heavy atom. The number of anilines is 7. The first-order valence-corrected chi connectivity index (χ1v) is 15.1. The van der Waals surface area contributed by atoms with E-state index in [-0.39, 0.29) is 17.6 Å². The number of amides is 1. The molecule has 0 saturated carbocycles. The minimum Gasteiger partial charge on any atom is -0.494 e. The van der Waals surface area contributed by atoms with Crippen LogP contribution in [0.25, 0.3) is 0 Å². The highest BCUT2D eigenvalue weighted by Gasteiger charge is 2.18. The van der Waals surface area contributed by atoms with Crippen LogP contribution in [-0.2, 0) is 14.8 Å². The van der Waals surface area contributed by atoms with Crippen LogP contribution in [0.1, 0.15) is 18.9 Å². The molecule has 0 radical (unpaired) electrons. The number of nitrogens with one attached hydrogen (secondary N) is 4. The first kappa shape index (κ1) is 32.2. The minimum atomic E-state index is -3.49. The van der Waals surface area contributed by atoms with Crippen LogP contribution >= 0.6 is 0 Å². The van der Waals surface area contributed by atoms with Gasteiger partial charge in [0.15, 0.2) is 0 Å². The average molecular weight is 597 g/mol. The molecule has 0 aliphatic carbocycles. The molecule has 3 rings (SSSR count). The molecule has 0 aliphatic heterocycles. The number of methoxy groups -OCH3 is 1. The van der Waals surface area contributed by atoms with E-state index in [0.717, 1.165) is 17.8 Å². The Kier molecular flexibility index (Phi) is 11.1. The Morgan fingerprint density at radius 1 is 1.05 bits per heavy atom. The van der Waals surface area contributed by atoms with Gasteiger partial charge in [-0.15, -0.1) is 0 Å². The minimum absolute atomic E-state index is 0.0171. The van der Waals surface area contributed by atoms with Crippen LogP contribution in [0.15, 0.2) is 55.3 Å². The number of sulfonamides is 1. The second-order valence-corrected chi connectivity index (χ2v) is 11.8. The summed E-state index contributed by atoms with van der Waals surface area (Å²) < 4.78 is 33.1. The molecule has 0 spiro atoms. The monoisotopic (exact) mass is 596 g/mol. The van der Waals surface area contributed by atoms with Gasteiger partial charge in [0.25, 0.3) is 0 Å². The maximum atomic E-state index is 12.4. The van der Waals surface area contributed by atoms with Gasteiger partial charge in [-0.05, 0) is 51.7 Å². The molecule has 4 N–H and O–H groups in total. The number of para-hydroxylation sites is 2. The second-order valence-electron chi connectivity index (χ2n) is 9.93. The number of ether oxygens (including phenoxy) is 1. The molecule has 12 nitrogen and oxygen atoms in total.